The van der Waals surface area contributed by atoms with E-state index in [2.05, 4.69) is 42.5 Å². The lowest BCUT2D eigenvalue weighted by molar-refractivity contribution is -0.120. The second kappa shape index (κ2) is 5.96. The van der Waals surface area contributed by atoms with Crippen LogP contribution in [0.1, 0.15) is 37.2 Å². The fraction of sp³-hybridized carbons (Fsp3) is 0.238. The lowest BCUT2D eigenvalue weighted by atomic mass is 9.81. The third-order valence-corrected chi connectivity index (χ3v) is 4.76. The summed E-state index contributed by atoms with van der Waals surface area (Å²) in [4.78, 5) is 16.7. The summed E-state index contributed by atoms with van der Waals surface area (Å²) >= 11 is 0. The van der Waals surface area contributed by atoms with Crippen LogP contribution in [0.15, 0.2) is 60.7 Å². The van der Waals surface area contributed by atoms with Crippen molar-refractivity contribution >= 4 is 16.7 Å². The van der Waals surface area contributed by atoms with E-state index in [9.17, 15) is 4.79 Å². The third-order valence-electron chi connectivity index (χ3n) is 4.76. The Bertz CT molecular complexity index is 868. The van der Waals surface area contributed by atoms with Gasteiger partial charge in [-0.3, -0.25) is 4.79 Å². The van der Waals surface area contributed by atoms with Crippen molar-refractivity contribution in [2.45, 2.75) is 31.6 Å². The van der Waals surface area contributed by atoms with E-state index in [1.807, 2.05) is 18.2 Å². The zero-order chi connectivity index (χ0) is 15.6. The molecule has 114 valence electrons. The standard InChI is InChI=1S/C21H19NO/c23-17-8-5-7-16(14-17)18-9-2-3-10-19(18)21-13-12-15-6-1-4-11-20(15)22-21/h1-4,6,9-13,16H,5,7-8,14H2. The van der Waals surface area contributed by atoms with Crippen molar-refractivity contribution in [2.75, 3.05) is 0 Å². The van der Waals surface area contributed by atoms with Crippen molar-refractivity contribution in [3.05, 3.63) is 66.2 Å². The van der Waals surface area contributed by atoms with Gasteiger partial charge in [0.2, 0.25) is 0 Å². The largest absolute Gasteiger partial charge is 0.300 e. The van der Waals surface area contributed by atoms with Crippen molar-refractivity contribution in [3.8, 4) is 11.3 Å². The molecular weight excluding hydrogens is 282 g/mol. The lowest BCUT2D eigenvalue weighted by Gasteiger charge is -2.23. The molecule has 0 N–H and O–H groups in total. The van der Waals surface area contributed by atoms with Gasteiger partial charge in [0.05, 0.1) is 11.2 Å². The minimum atomic E-state index is 0.334. The number of fused-ring (bicyclic) bond motifs is 1. The highest BCUT2D eigenvalue weighted by Crippen LogP contribution is 2.36. The average molecular weight is 301 g/mol. The van der Waals surface area contributed by atoms with E-state index >= 15 is 0 Å². The Labute approximate surface area is 136 Å². The van der Waals surface area contributed by atoms with E-state index in [4.69, 9.17) is 4.98 Å². The fourth-order valence-electron chi connectivity index (χ4n) is 3.59. The van der Waals surface area contributed by atoms with Gasteiger partial charge in [0.15, 0.2) is 0 Å². The number of ketones is 1. The number of carbonyl (C=O) groups excluding carboxylic acids is 1. The van der Waals surface area contributed by atoms with Crippen molar-refractivity contribution in [1.29, 1.82) is 0 Å². The van der Waals surface area contributed by atoms with Crippen LogP contribution in [0.5, 0.6) is 0 Å². The quantitative estimate of drug-likeness (QED) is 0.657. The smallest absolute Gasteiger partial charge is 0.133 e. The number of benzene rings is 2. The molecule has 1 aromatic heterocycles. The number of pyridine rings is 1. The second-order valence-electron chi connectivity index (χ2n) is 6.31. The van der Waals surface area contributed by atoms with E-state index < -0.39 is 0 Å². The number of carbonyl (C=O) groups is 1. The van der Waals surface area contributed by atoms with Crippen molar-refractivity contribution in [1.82, 2.24) is 4.98 Å². The Morgan fingerprint density at radius 1 is 0.913 bits per heavy atom. The number of Topliss-reactive ketones (excluding diaryl/α,β-unsaturated/α-hetero) is 1. The van der Waals surface area contributed by atoms with Gasteiger partial charge in [-0.05, 0) is 36.5 Å². The molecular formula is C21H19NO. The van der Waals surface area contributed by atoms with Crippen LogP contribution in [0.3, 0.4) is 0 Å². The van der Waals surface area contributed by atoms with Gasteiger partial charge in [-0.25, -0.2) is 4.98 Å². The molecule has 1 fully saturated rings. The molecule has 2 aromatic carbocycles. The van der Waals surface area contributed by atoms with Gasteiger partial charge in [-0.2, -0.15) is 0 Å². The molecule has 0 saturated heterocycles. The number of rotatable bonds is 2. The van der Waals surface area contributed by atoms with Crippen LogP contribution in [0.25, 0.3) is 22.2 Å². The molecule has 2 heteroatoms. The first kappa shape index (κ1) is 14.1. The van der Waals surface area contributed by atoms with Crippen LogP contribution in [0.4, 0.5) is 0 Å². The van der Waals surface area contributed by atoms with Crippen LogP contribution >= 0.6 is 0 Å². The zero-order valence-electron chi connectivity index (χ0n) is 13.0. The second-order valence-corrected chi connectivity index (χ2v) is 6.31. The number of nitrogens with zero attached hydrogens (tertiary/aromatic N) is 1. The molecule has 0 aliphatic heterocycles. The predicted octanol–water partition coefficient (Wildman–Crippen LogP) is 5.13. The van der Waals surface area contributed by atoms with E-state index in [0.29, 0.717) is 18.1 Å². The van der Waals surface area contributed by atoms with Gasteiger partial charge < -0.3 is 0 Å². The lowest BCUT2D eigenvalue weighted by Crippen LogP contribution is -2.14. The summed E-state index contributed by atoms with van der Waals surface area (Å²) in [5.41, 5.74) is 4.44. The minimum Gasteiger partial charge on any atom is -0.300 e. The van der Waals surface area contributed by atoms with E-state index in [1.54, 1.807) is 0 Å². The summed E-state index contributed by atoms with van der Waals surface area (Å²) in [7, 11) is 0. The fourth-order valence-corrected chi connectivity index (χ4v) is 3.59. The normalized spacial score (nSPS) is 18.3. The van der Waals surface area contributed by atoms with E-state index in [0.717, 1.165) is 41.4 Å². The molecule has 1 aliphatic rings. The summed E-state index contributed by atoms with van der Waals surface area (Å²) in [6, 6.07) is 20.8. The van der Waals surface area contributed by atoms with Crippen molar-refractivity contribution < 1.29 is 4.79 Å². The highest BCUT2D eigenvalue weighted by atomic mass is 16.1. The maximum Gasteiger partial charge on any atom is 0.133 e. The molecule has 2 nitrogen and oxygen atoms in total. The predicted molar refractivity (Wildman–Crippen MR) is 93.4 cm³/mol. The Hall–Kier alpha value is -2.48. The Morgan fingerprint density at radius 2 is 1.74 bits per heavy atom. The molecule has 23 heavy (non-hydrogen) atoms. The molecule has 3 aromatic rings. The molecule has 1 aliphatic carbocycles. The molecule has 0 bridgehead atoms. The first-order valence-corrected chi connectivity index (χ1v) is 8.28. The number of hydrogen-bond acceptors (Lipinski definition) is 2. The summed E-state index contributed by atoms with van der Waals surface area (Å²) in [6.45, 7) is 0. The Balaban J connectivity index is 1.80. The molecule has 0 radical (unpaired) electrons. The Kier molecular flexibility index (Phi) is 3.66. The van der Waals surface area contributed by atoms with Crippen molar-refractivity contribution in [3.63, 3.8) is 0 Å². The summed E-state index contributed by atoms with van der Waals surface area (Å²) in [5, 5.41) is 1.15. The zero-order valence-corrected chi connectivity index (χ0v) is 13.0. The van der Waals surface area contributed by atoms with Gasteiger partial charge in [-0.15, -0.1) is 0 Å². The number of aromatic nitrogens is 1. The van der Waals surface area contributed by atoms with Crippen LogP contribution < -0.4 is 0 Å². The van der Waals surface area contributed by atoms with Crippen LogP contribution in [0.2, 0.25) is 0 Å². The first-order chi connectivity index (χ1) is 11.3. The number of para-hydroxylation sites is 1. The first-order valence-electron chi connectivity index (χ1n) is 8.28. The monoisotopic (exact) mass is 301 g/mol. The van der Waals surface area contributed by atoms with Gasteiger partial charge in [-0.1, -0.05) is 48.5 Å². The minimum absolute atomic E-state index is 0.334. The van der Waals surface area contributed by atoms with Crippen LogP contribution in [-0.2, 0) is 4.79 Å². The summed E-state index contributed by atoms with van der Waals surface area (Å²) in [6.07, 6.45) is 3.51. The van der Waals surface area contributed by atoms with Crippen LogP contribution in [-0.4, -0.2) is 10.8 Å². The SMILES string of the molecule is O=C1CCCC(c2ccccc2-c2ccc3ccccc3n2)C1. The van der Waals surface area contributed by atoms with Gasteiger partial charge in [0.25, 0.3) is 0 Å². The van der Waals surface area contributed by atoms with Gasteiger partial charge >= 0.3 is 0 Å². The topological polar surface area (TPSA) is 30.0 Å². The van der Waals surface area contributed by atoms with Crippen molar-refractivity contribution in [2.24, 2.45) is 0 Å². The molecule has 0 amide bonds. The summed E-state index contributed by atoms with van der Waals surface area (Å²) in [5.74, 6) is 0.725. The summed E-state index contributed by atoms with van der Waals surface area (Å²) < 4.78 is 0. The maximum absolute atomic E-state index is 11.9. The van der Waals surface area contributed by atoms with E-state index in [-0.39, 0.29) is 0 Å². The third kappa shape index (κ3) is 2.77. The average Bonchev–Trinajstić information content (AvgIpc) is 2.61. The van der Waals surface area contributed by atoms with Crippen LogP contribution in [0, 0.1) is 0 Å². The van der Waals surface area contributed by atoms with Gasteiger partial charge in [0, 0.05) is 23.8 Å². The molecule has 1 saturated carbocycles. The molecule has 1 heterocycles. The van der Waals surface area contributed by atoms with E-state index in [1.165, 1.54) is 5.56 Å². The molecule has 0 spiro atoms. The molecule has 4 rings (SSSR count). The Morgan fingerprint density at radius 3 is 2.65 bits per heavy atom. The number of hydrogen-bond donors (Lipinski definition) is 0. The molecule has 1 unspecified atom stereocenters. The highest BCUT2D eigenvalue weighted by molar-refractivity contribution is 5.83. The maximum atomic E-state index is 11.9. The highest BCUT2D eigenvalue weighted by Gasteiger charge is 2.23. The molecule has 1 atom stereocenters. The van der Waals surface area contributed by atoms with Gasteiger partial charge in [0.1, 0.15) is 5.78 Å².